The molecule has 2 fully saturated rings. The van der Waals surface area contributed by atoms with Gasteiger partial charge >= 0.3 is 6.18 Å². The highest BCUT2D eigenvalue weighted by Crippen LogP contribution is 2.39. The van der Waals surface area contributed by atoms with E-state index >= 15 is 0 Å². The van der Waals surface area contributed by atoms with Crippen molar-refractivity contribution in [2.45, 2.75) is 89.3 Å². The van der Waals surface area contributed by atoms with Crippen LogP contribution in [0.15, 0.2) is 24.3 Å². The van der Waals surface area contributed by atoms with Gasteiger partial charge in [0.05, 0.1) is 11.2 Å². The first-order valence-corrected chi connectivity index (χ1v) is 11.9. The second kappa shape index (κ2) is 9.85. The summed E-state index contributed by atoms with van der Waals surface area (Å²) in [6.45, 7) is 8.25. The van der Waals surface area contributed by atoms with Crippen LogP contribution in [0.2, 0.25) is 0 Å². The predicted octanol–water partition coefficient (Wildman–Crippen LogP) is 3.68. The molecule has 0 aromatic heterocycles. The Morgan fingerprint density at radius 3 is 2.47 bits per heavy atom. The van der Waals surface area contributed by atoms with E-state index in [0.717, 1.165) is 31.4 Å². The molecule has 1 aromatic carbocycles. The van der Waals surface area contributed by atoms with Crippen molar-refractivity contribution < 1.29 is 27.9 Å². The van der Waals surface area contributed by atoms with E-state index in [2.05, 4.69) is 31.1 Å². The molecule has 9 heteroatoms. The third-order valence-electron chi connectivity index (χ3n) is 7.48. The molecule has 1 aliphatic carbocycles. The van der Waals surface area contributed by atoms with Gasteiger partial charge in [-0.05, 0) is 78.6 Å². The van der Waals surface area contributed by atoms with Gasteiger partial charge in [-0.3, -0.25) is 9.59 Å². The number of rotatable bonds is 6. The van der Waals surface area contributed by atoms with Crippen molar-refractivity contribution in [3.05, 3.63) is 35.4 Å². The van der Waals surface area contributed by atoms with E-state index in [1.54, 1.807) is 18.7 Å². The van der Waals surface area contributed by atoms with Crippen LogP contribution in [0.25, 0.3) is 0 Å². The maximum absolute atomic E-state index is 13.2. The topological polar surface area (TPSA) is 72.9 Å². The molecule has 6 nitrogen and oxygen atoms in total. The third kappa shape index (κ3) is 5.74. The lowest BCUT2D eigenvalue weighted by atomic mass is 9.72. The van der Waals surface area contributed by atoms with Gasteiger partial charge in [0.15, 0.2) is 0 Å². The fourth-order valence-corrected chi connectivity index (χ4v) is 5.30. The molecule has 2 N–H and O–H groups in total. The number of likely N-dealkylation sites (tertiary alicyclic amines) is 1. The standard InChI is InChI=1S/C25H36F3N3O3/c1-15(2)30(5)18-9-10-21(19(14-18)24(3,4)34)31-12-11-20(23(31)33)29-22(32)16-7-6-8-17(13-16)25(26,27)28/h6-8,13,15,18-21,34H,9-12,14H2,1-5H3,(H,29,32)/t18-,19-,20+,21+/m1/s1. The number of amides is 2. The first-order chi connectivity index (χ1) is 15.7. The number of carbonyl (C=O) groups excluding carboxylic acids is 2. The van der Waals surface area contributed by atoms with Crippen LogP contribution < -0.4 is 5.32 Å². The summed E-state index contributed by atoms with van der Waals surface area (Å²) < 4.78 is 39.0. The van der Waals surface area contributed by atoms with Crippen LogP contribution in [0.5, 0.6) is 0 Å². The van der Waals surface area contributed by atoms with Crippen LogP contribution in [-0.2, 0) is 11.0 Å². The molecule has 1 aromatic rings. The van der Waals surface area contributed by atoms with Gasteiger partial charge in [-0.15, -0.1) is 0 Å². The Hall–Kier alpha value is -2.13. The van der Waals surface area contributed by atoms with E-state index in [-0.39, 0.29) is 23.4 Å². The van der Waals surface area contributed by atoms with Gasteiger partial charge in [-0.2, -0.15) is 13.2 Å². The molecule has 4 atom stereocenters. The number of hydrogen-bond acceptors (Lipinski definition) is 4. The summed E-state index contributed by atoms with van der Waals surface area (Å²) in [5, 5.41) is 13.6. The van der Waals surface area contributed by atoms with Crippen LogP contribution in [0.3, 0.4) is 0 Å². The fraction of sp³-hybridized carbons (Fsp3) is 0.680. The molecule has 0 bridgehead atoms. The highest BCUT2D eigenvalue weighted by atomic mass is 19.4. The Morgan fingerprint density at radius 2 is 1.88 bits per heavy atom. The van der Waals surface area contributed by atoms with Crippen molar-refractivity contribution in [2.75, 3.05) is 13.6 Å². The van der Waals surface area contributed by atoms with Gasteiger partial charge in [0.1, 0.15) is 6.04 Å². The zero-order chi connectivity index (χ0) is 25.4. The maximum Gasteiger partial charge on any atom is 0.416 e. The summed E-state index contributed by atoms with van der Waals surface area (Å²) >= 11 is 0. The van der Waals surface area contributed by atoms with Gasteiger partial charge in [0, 0.05) is 36.2 Å². The molecule has 1 saturated carbocycles. The number of carbonyl (C=O) groups is 2. The van der Waals surface area contributed by atoms with Crippen molar-refractivity contribution in [1.29, 1.82) is 0 Å². The van der Waals surface area contributed by atoms with Crippen molar-refractivity contribution >= 4 is 11.8 Å². The number of alkyl halides is 3. The van der Waals surface area contributed by atoms with Gasteiger partial charge in [0.25, 0.3) is 5.91 Å². The molecule has 0 radical (unpaired) electrons. The summed E-state index contributed by atoms with van der Waals surface area (Å²) in [6, 6.07) is 3.92. The van der Waals surface area contributed by atoms with Crippen molar-refractivity contribution in [3.8, 4) is 0 Å². The van der Waals surface area contributed by atoms with E-state index in [4.69, 9.17) is 0 Å². The molecule has 1 saturated heterocycles. The van der Waals surface area contributed by atoms with Crippen molar-refractivity contribution in [3.63, 3.8) is 0 Å². The molecule has 0 spiro atoms. The van der Waals surface area contributed by atoms with E-state index < -0.39 is 29.3 Å². The highest BCUT2D eigenvalue weighted by Gasteiger charge is 2.47. The number of aliphatic hydroxyl groups is 1. The fourth-order valence-electron chi connectivity index (χ4n) is 5.30. The summed E-state index contributed by atoms with van der Waals surface area (Å²) in [5.74, 6) is -1.07. The van der Waals surface area contributed by atoms with E-state index in [1.165, 1.54) is 12.1 Å². The monoisotopic (exact) mass is 483 g/mol. The SMILES string of the molecule is CC(C)N(C)[C@@H]1CC[C@H](N2CC[C@H](NC(=O)c3cccc(C(F)(F)F)c3)C2=O)[C@H](C(C)(C)O)C1. The summed E-state index contributed by atoms with van der Waals surface area (Å²) in [4.78, 5) is 29.9. The molecule has 190 valence electrons. The minimum atomic E-state index is -4.55. The molecule has 1 heterocycles. The lowest BCUT2D eigenvalue weighted by Gasteiger charge is -2.48. The van der Waals surface area contributed by atoms with Crippen molar-refractivity contribution in [2.24, 2.45) is 5.92 Å². The molecule has 3 rings (SSSR count). The van der Waals surface area contributed by atoms with Gasteiger partial charge in [0.2, 0.25) is 5.91 Å². The first-order valence-electron chi connectivity index (χ1n) is 11.9. The Bertz CT molecular complexity index is 897. The smallest absolute Gasteiger partial charge is 0.390 e. The second-order valence-electron chi connectivity index (χ2n) is 10.5. The minimum absolute atomic E-state index is 0.130. The average Bonchev–Trinajstić information content (AvgIpc) is 3.11. The zero-order valence-corrected chi connectivity index (χ0v) is 20.5. The molecule has 2 aliphatic rings. The number of nitrogens with one attached hydrogen (secondary N) is 1. The Balaban J connectivity index is 1.71. The predicted molar refractivity (Wildman–Crippen MR) is 123 cm³/mol. The average molecular weight is 484 g/mol. The van der Waals surface area contributed by atoms with Gasteiger partial charge in [-0.1, -0.05) is 6.07 Å². The normalized spacial score (nSPS) is 26.4. The van der Waals surface area contributed by atoms with E-state index in [0.29, 0.717) is 25.0 Å². The molecular formula is C25H36F3N3O3. The maximum atomic E-state index is 13.2. The molecular weight excluding hydrogens is 447 g/mol. The molecule has 0 unspecified atom stereocenters. The van der Waals surface area contributed by atoms with Gasteiger partial charge in [-0.25, -0.2) is 0 Å². The van der Waals surface area contributed by atoms with Crippen LogP contribution in [0.1, 0.15) is 69.3 Å². The van der Waals surface area contributed by atoms with Gasteiger partial charge < -0.3 is 20.2 Å². The van der Waals surface area contributed by atoms with E-state index in [1.807, 2.05) is 0 Å². The Morgan fingerprint density at radius 1 is 1.21 bits per heavy atom. The van der Waals surface area contributed by atoms with Crippen LogP contribution in [-0.4, -0.2) is 70.1 Å². The van der Waals surface area contributed by atoms with Crippen LogP contribution in [0, 0.1) is 5.92 Å². The second-order valence-corrected chi connectivity index (χ2v) is 10.5. The largest absolute Gasteiger partial charge is 0.416 e. The van der Waals surface area contributed by atoms with Crippen LogP contribution in [0.4, 0.5) is 13.2 Å². The first kappa shape index (κ1) is 26.5. The number of nitrogens with zero attached hydrogens (tertiary/aromatic N) is 2. The summed E-state index contributed by atoms with van der Waals surface area (Å²) in [5.41, 5.74) is -2.02. The quantitative estimate of drug-likeness (QED) is 0.648. The molecule has 1 aliphatic heterocycles. The molecule has 2 amide bonds. The van der Waals surface area contributed by atoms with Crippen molar-refractivity contribution in [1.82, 2.24) is 15.1 Å². The Kier molecular flexibility index (Phi) is 7.67. The zero-order valence-electron chi connectivity index (χ0n) is 20.5. The minimum Gasteiger partial charge on any atom is -0.390 e. The lowest BCUT2D eigenvalue weighted by molar-refractivity contribution is -0.138. The van der Waals surface area contributed by atoms with Crippen LogP contribution >= 0.6 is 0 Å². The number of benzene rings is 1. The summed E-state index contributed by atoms with van der Waals surface area (Å²) in [7, 11) is 2.08. The molecule has 34 heavy (non-hydrogen) atoms. The Labute approximate surface area is 199 Å². The lowest BCUT2D eigenvalue weighted by Crippen LogP contribution is -2.56. The third-order valence-corrected chi connectivity index (χ3v) is 7.48. The number of hydrogen-bond donors (Lipinski definition) is 2. The summed E-state index contributed by atoms with van der Waals surface area (Å²) in [6.07, 6.45) is -1.76. The number of halogens is 3. The highest BCUT2D eigenvalue weighted by molar-refractivity contribution is 5.98. The van der Waals surface area contributed by atoms with E-state index in [9.17, 15) is 27.9 Å².